The Labute approximate surface area is 72.2 Å². The maximum absolute atomic E-state index is 9.35. The van der Waals surface area contributed by atoms with E-state index in [1.807, 2.05) is 18.2 Å². The molecule has 0 saturated heterocycles. The van der Waals surface area contributed by atoms with E-state index in [2.05, 4.69) is 4.98 Å². The molecule has 0 aliphatic carbocycles. The van der Waals surface area contributed by atoms with Crippen LogP contribution in [0.15, 0.2) is 24.4 Å². The number of aliphatic hydroxyl groups excluding tert-OH is 1. The third-order valence-corrected chi connectivity index (χ3v) is 1.90. The standard InChI is InChI=1S/C9H14N2O/c1-7(12)8(6-10)9-4-2-3-5-11-9/h2-5,7-8,12H,6,10H2,1H3. The first-order valence-corrected chi connectivity index (χ1v) is 4.04. The molecule has 0 spiro atoms. The zero-order valence-electron chi connectivity index (χ0n) is 7.14. The van der Waals surface area contributed by atoms with Crippen molar-refractivity contribution in [1.29, 1.82) is 0 Å². The van der Waals surface area contributed by atoms with Crippen LogP contribution in [0, 0.1) is 0 Å². The van der Waals surface area contributed by atoms with Crippen LogP contribution >= 0.6 is 0 Å². The summed E-state index contributed by atoms with van der Waals surface area (Å²) in [5.74, 6) is -0.0498. The van der Waals surface area contributed by atoms with Gasteiger partial charge in [-0.25, -0.2) is 0 Å². The van der Waals surface area contributed by atoms with Gasteiger partial charge in [0.25, 0.3) is 0 Å². The third-order valence-electron chi connectivity index (χ3n) is 1.90. The van der Waals surface area contributed by atoms with Crippen LogP contribution in [0.1, 0.15) is 18.5 Å². The predicted molar refractivity (Wildman–Crippen MR) is 47.7 cm³/mol. The summed E-state index contributed by atoms with van der Waals surface area (Å²) in [7, 11) is 0. The second kappa shape index (κ2) is 4.18. The van der Waals surface area contributed by atoms with Gasteiger partial charge in [-0.3, -0.25) is 4.98 Å². The number of pyridine rings is 1. The van der Waals surface area contributed by atoms with E-state index in [0.29, 0.717) is 6.54 Å². The smallest absolute Gasteiger partial charge is 0.0607 e. The first-order chi connectivity index (χ1) is 5.75. The van der Waals surface area contributed by atoms with Crippen LogP contribution in [0.25, 0.3) is 0 Å². The number of aliphatic hydroxyl groups is 1. The van der Waals surface area contributed by atoms with Gasteiger partial charge in [-0.05, 0) is 19.1 Å². The molecule has 3 N–H and O–H groups in total. The highest BCUT2D eigenvalue weighted by Gasteiger charge is 2.15. The van der Waals surface area contributed by atoms with Crippen molar-refractivity contribution in [3.8, 4) is 0 Å². The molecule has 3 heteroatoms. The Hall–Kier alpha value is -0.930. The Bertz CT molecular complexity index is 223. The molecule has 0 aliphatic rings. The topological polar surface area (TPSA) is 59.1 Å². The van der Waals surface area contributed by atoms with Gasteiger partial charge in [0, 0.05) is 24.4 Å². The average molecular weight is 166 g/mol. The lowest BCUT2D eigenvalue weighted by Crippen LogP contribution is -2.24. The van der Waals surface area contributed by atoms with Gasteiger partial charge in [0.1, 0.15) is 0 Å². The lowest BCUT2D eigenvalue weighted by molar-refractivity contribution is 0.163. The highest BCUT2D eigenvalue weighted by Crippen LogP contribution is 2.14. The van der Waals surface area contributed by atoms with Gasteiger partial charge >= 0.3 is 0 Å². The minimum Gasteiger partial charge on any atom is -0.393 e. The summed E-state index contributed by atoms with van der Waals surface area (Å²) < 4.78 is 0. The van der Waals surface area contributed by atoms with E-state index in [1.165, 1.54) is 0 Å². The van der Waals surface area contributed by atoms with Crippen LogP contribution < -0.4 is 5.73 Å². The molecule has 0 radical (unpaired) electrons. The van der Waals surface area contributed by atoms with Crippen molar-refractivity contribution in [2.75, 3.05) is 6.54 Å². The van der Waals surface area contributed by atoms with E-state index in [4.69, 9.17) is 5.73 Å². The first kappa shape index (κ1) is 9.16. The number of nitrogens with two attached hydrogens (primary N) is 1. The molecule has 12 heavy (non-hydrogen) atoms. The highest BCUT2D eigenvalue weighted by atomic mass is 16.3. The van der Waals surface area contributed by atoms with Gasteiger partial charge < -0.3 is 10.8 Å². The molecule has 1 rings (SSSR count). The number of hydrogen-bond donors (Lipinski definition) is 2. The van der Waals surface area contributed by atoms with E-state index in [0.717, 1.165) is 5.69 Å². The molecule has 1 aromatic heterocycles. The Kier molecular flexibility index (Phi) is 3.19. The zero-order chi connectivity index (χ0) is 8.97. The van der Waals surface area contributed by atoms with Crippen LogP contribution in [-0.2, 0) is 0 Å². The molecule has 0 aromatic carbocycles. The Morgan fingerprint density at radius 3 is 2.75 bits per heavy atom. The van der Waals surface area contributed by atoms with Gasteiger partial charge in [-0.2, -0.15) is 0 Å². The summed E-state index contributed by atoms with van der Waals surface area (Å²) in [5, 5.41) is 9.35. The number of aromatic nitrogens is 1. The normalized spacial score (nSPS) is 15.6. The van der Waals surface area contributed by atoms with Crippen molar-refractivity contribution in [2.45, 2.75) is 18.9 Å². The predicted octanol–water partition coefficient (Wildman–Crippen LogP) is 0.505. The summed E-state index contributed by atoms with van der Waals surface area (Å²) in [6, 6.07) is 5.62. The molecule has 2 unspecified atom stereocenters. The largest absolute Gasteiger partial charge is 0.393 e. The highest BCUT2D eigenvalue weighted by molar-refractivity contribution is 5.11. The maximum atomic E-state index is 9.35. The minimum atomic E-state index is -0.440. The molecular formula is C9H14N2O. The van der Waals surface area contributed by atoms with Gasteiger partial charge in [0.05, 0.1) is 6.10 Å². The fourth-order valence-corrected chi connectivity index (χ4v) is 1.16. The van der Waals surface area contributed by atoms with Gasteiger partial charge in [-0.15, -0.1) is 0 Å². The SMILES string of the molecule is CC(O)C(CN)c1ccccn1. The quantitative estimate of drug-likeness (QED) is 0.687. The average Bonchev–Trinajstić information content (AvgIpc) is 2.07. The monoisotopic (exact) mass is 166 g/mol. The van der Waals surface area contributed by atoms with Crippen LogP contribution in [0.3, 0.4) is 0 Å². The van der Waals surface area contributed by atoms with E-state index in [9.17, 15) is 5.11 Å². The van der Waals surface area contributed by atoms with Crippen LogP contribution in [0.4, 0.5) is 0 Å². The van der Waals surface area contributed by atoms with Crippen LogP contribution in [0.2, 0.25) is 0 Å². The minimum absolute atomic E-state index is 0.0498. The fourth-order valence-electron chi connectivity index (χ4n) is 1.16. The Morgan fingerprint density at radius 1 is 1.58 bits per heavy atom. The van der Waals surface area contributed by atoms with Crippen LogP contribution in [-0.4, -0.2) is 22.7 Å². The third kappa shape index (κ3) is 2.03. The second-order valence-corrected chi connectivity index (χ2v) is 2.84. The molecule has 3 nitrogen and oxygen atoms in total. The number of nitrogens with zero attached hydrogens (tertiary/aromatic N) is 1. The molecule has 2 atom stereocenters. The molecule has 0 fully saturated rings. The summed E-state index contributed by atoms with van der Waals surface area (Å²) in [6.45, 7) is 2.15. The molecule has 0 saturated carbocycles. The molecule has 1 heterocycles. The van der Waals surface area contributed by atoms with Gasteiger partial charge in [0.2, 0.25) is 0 Å². The van der Waals surface area contributed by atoms with Crippen LogP contribution in [0.5, 0.6) is 0 Å². The Morgan fingerprint density at radius 2 is 2.33 bits per heavy atom. The van der Waals surface area contributed by atoms with Crippen molar-refractivity contribution >= 4 is 0 Å². The van der Waals surface area contributed by atoms with Crippen molar-refractivity contribution in [2.24, 2.45) is 5.73 Å². The fraction of sp³-hybridized carbons (Fsp3) is 0.444. The van der Waals surface area contributed by atoms with Crippen molar-refractivity contribution in [3.63, 3.8) is 0 Å². The van der Waals surface area contributed by atoms with Crippen molar-refractivity contribution in [3.05, 3.63) is 30.1 Å². The lowest BCUT2D eigenvalue weighted by atomic mass is 9.99. The molecule has 66 valence electrons. The summed E-state index contributed by atoms with van der Waals surface area (Å²) in [6.07, 6.45) is 1.27. The molecular weight excluding hydrogens is 152 g/mol. The van der Waals surface area contributed by atoms with E-state index >= 15 is 0 Å². The molecule has 0 amide bonds. The number of rotatable bonds is 3. The lowest BCUT2D eigenvalue weighted by Gasteiger charge is -2.16. The van der Waals surface area contributed by atoms with E-state index in [-0.39, 0.29) is 5.92 Å². The van der Waals surface area contributed by atoms with Gasteiger partial charge in [0.15, 0.2) is 0 Å². The summed E-state index contributed by atoms with van der Waals surface area (Å²) in [5.41, 5.74) is 6.36. The number of hydrogen-bond acceptors (Lipinski definition) is 3. The second-order valence-electron chi connectivity index (χ2n) is 2.84. The van der Waals surface area contributed by atoms with E-state index in [1.54, 1.807) is 13.1 Å². The zero-order valence-corrected chi connectivity index (χ0v) is 7.14. The summed E-state index contributed by atoms with van der Waals surface area (Å²) in [4.78, 5) is 4.13. The molecule has 1 aromatic rings. The molecule has 0 aliphatic heterocycles. The maximum Gasteiger partial charge on any atom is 0.0607 e. The molecule has 0 bridgehead atoms. The van der Waals surface area contributed by atoms with Crippen molar-refractivity contribution < 1.29 is 5.11 Å². The summed E-state index contributed by atoms with van der Waals surface area (Å²) >= 11 is 0. The van der Waals surface area contributed by atoms with E-state index < -0.39 is 6.10 Å². The first-order valence-electron chi connectivity index (χ1n) is 4.04. The van der Waals surface area contributed by atoms with Crippen molar-refractivity contribution in [1.82, 2.24) is 4.98 Å². The van der Waals surface area contributed by atoms with Gasteiger partial charge in [-0.1, -0.05) is 6.07 Å². The Balaban J connectivity index is 2.80.